The summed E-state index contributed by atoms with van der Waals surface area (Å²) in [6, 6.07) is 24.9. The van der Waals surface area contributed by atoms with Crippen molar-refractivity contribution in [3.8, 4) is 0 Å². The molecule has 6 rings (SSSR count). The van der Waals surface area contributed by atoms with Crippen molar-refractivity contribution < 1.29 is 0 Å². The third-order valence-electron chi connectivity index (χ3n) is 6.80. The van der Waals surface area contributed by atoms with Gasteiger partial charge in [-0.05, 0) is 83.0 Å². The van der Waals surface area contributed by atoms with Gasteiger partial charge in [-0.15, -0.1) is 0 Å². The van der Waals surface area contributed by atoms with E-state index in [4.69, 9.17) is 11.6 Å². The van der Waals surface area contributed by atoms with E-state index in [0.29, 0.717) is 17.8 Å². The fraction of sp³-hybridized carbons (Fsp3) is 0.257. The van der Waals surface area contributed by atoms with Crippen molar-refractivity contribution in [2.45, 2.75) is 59.3 Å². The van der Waals surface area contributed by atoms with Gasteiger partial charge >= 0.3 is 0 Å². The zero-order chi connectivity index (χ0) is 28.6. The van der Waals surface area contributed by atoms with E-state index in [1.165, 1.54) is 22.1 Å². The van der Waals surface area contributed by atoms with Gasteiger partial charge in [-0.3, -0.25) is 19.9 Å². The van der Waals surface area contributed by atoms with Crippen LogP contribution in [-0.4, -0.2) is 19.9 Å². The number of pyridine rings is 2. The van der Waals surface area contributed by atoms with Gasteiger partial charge in [0.15, 0.2) is 0 Å². The lowest BCUT2D eigenvalue weighted by atomic mass is 10.0. The molecule has 0 atom stereocenters. The molecule has 204 valence electrons. The topological polar surface area (TPSA) is 51.6 Å². The van der Waals surface area contributed by atoms with E-state index in [1.54, 1.807) is 18.6 Å². The molecule has 6 aromatic rings. The summed E-state index contributed by atoms with van der Waals surface area (Å²) in [5, 5.41) is 3.09. The van der Waals surface area contributed by atoms with Crippen molar-refractivity contribution in [2.75, 3.05) is 0 Å². The Hall–Kier alpha value is -3.89. The number of fused-ring (bicyclic) bond motifs is 3. The van der Waals surface area contributed by atoms with Gasteiger partial charge in [-0.2, -0.15) is 0 Å². The molecule has 4 nitrogen and oxygen atoms in total. The molecular weight excluding hydrogens is 512 g/mol. The Bertz CT molecular complexity index is 1630. The smallest absolute Gasteiger partial charge is 0.0889 e. The van der Waals surface area contributed by atoms with Gasteiger partial charge in [0.05, 0.1) is 27.1 Å². The van der Waals surface area contributed by atoms with Gasteiger partial charge in [0.2, 0.25) is 0 Å². The second-order valence-electron chi connectivity index (χ2n) is 10.8. The fourth-order valence-electron chi connectivity index (χ4n) is 4.30. The van der Waals surface area contributed by atoms with Crippen LogP contribution in [-0.2, 0) is 0 Å². The first kappa shape index (κ1) is 29.1. The summed E-state index contributed by atoms with van der Waals surface area (Å²) in [5.74, 6) is 1.63. The molecule has 0 spiro atoms. The number of hydrogen-bond donors (Lipinski definition) is 0. The molecular formula is C35H37ClN4. The first-order chi connectivity index (χ1) is 19.2. The average molecular weight is 549 g/mol. The summed E-state index contributed by atoms with van der Waals surface area (Å²) in [7, 11) is 0. The van der Waals surface area contributed by atoms with Crippen LogP contribution in [0.2, 0.25) is 5.02 Å². The van der Waals surface area contributed by atoms with E-state index in [2.05, 4.69) is 104 Å². The lowest BCUT2D eigenvalue weighted by Crippen LogP contribution is -1.89. The standard InChI is InChI=1S/C12H12ClN.C12H13N.C11H12N2/c1-8(2)10-6-9-4-3-5-14-12(9)11(13)7-10;1-9(2)10-5-6-12-11(8-10)4-3-7-13-12;1-8(2)9-3-4-10-11(7-9)13-6-5-12-10/h3-8H,1-2H3;3-9H,1-2H3;3-8H,1-2H3. The van der Waals surface area contributed by atoms with Crippen molar-refractivity contribution in [3.63, 3.8) is 0 Å². The van der Waals surface area contributed by atoms with Gasteiger partial charge < -0.3 is 0 Å². The van der Waals surface area contributed by atoms with E-state index in [0.717, 1.165) is 32.5 Å². The van der Waals surface area contributed by atoms with Crippen LogP contribution in [0.3, 0.4) is 0 Å². The quantitative estimate of drug-likeness (QED) is 0.221. The van der Waals surface area contributed by atoms with Crippen molar-refractivity contribution in [2.24, 2.45) is 0 Å². The van der Waals surface area contributed by atoms with Crippen LogP contribution in [0.15, 0.2) is 97.6 Å². The van der Waals surface area contributed by atoms with E-state index >= 15 is 0 Å². The highest BCUT2D eigenvalue weighted by molar-refractivity contribution is 6.35. The highest BCUT2D eigenvalue weighted by atomic mass is 35.5. The fourth-order valence-corrected chi connectivity index (χ4v) is 4.58. The number of benzene rings is 3. The molecule has 0 N–H and O–H groups in total. The molecule has 0 bridgehead atoms. The third kappa shape index (κ3) is 7.40. The molecule has 0 aliphatic carbocycles. The number of aromatic nitrogens is 4. The SMILES string of the molecule is CC(C)c1cc(Cl)c2ncccc2c1.CC(C)c1ccc2ncccc2c1.CC(C)c1ccc2nccnc2c1. The van der Waals surface area contributed by atoms with E-state index in [9.17, 15) is 0 Å². The van der Waals surface area contributed by atoms with Gasteiger partial charge in [0.25, 0.3) is 0 Å². The molecule has 0 unspecified atom stereocenters. The summed E-state index contributed by atoms with van der Waals surface area (Å²) in [5.41, 5.74) is 7.86. The Morgan fingerprint density at radius 1 is 0.475 bits per heavy atom. The second kappa shape index (κ2) is 13.5. The molecule has 0 fully saturated rings. The van der Waals surface area contributed by atoms with Crippen LogP contribution in [0.25, 0.3) is 32.8 Å². The minimum absolute atomic E-state index is 0.497. The Morgan fingerprint density at radius 3 is 1.68 bits per heavy atom. The van der Waals surface area contributed by atoms with Gasteiger partial charge in [0.1, 0.15) is 0 Å². The minimum atomic E-state index is 0.497. The van der Waals surface area contributed by atoms with Crippen LogP contribution in [0.1, 0.15) is 76.0 Å². The summed E-state index contributed by atoms with van der Waals surface area (Å²) in [6.07, 6.45) is 7.05. The third-order valence-corrected chi connectivity index (χ3v) is 7.09. The van der Waals surface area contributed by atoms with E-state index in [1.807, 2.05) is 36.5 Å². The number of nitrogens with zero attached hydrogens (tertiary/aromatic N) is 4. The monoisotopic (exact) mass is 548 g/mol. The first-order valence-electron chi connectivity index (χ1n) is 13.8. The molecule has 0 aliphatic rings. The zero-order valence-corrected chi connectivity index (χ0v) is 24.9. The summed E-state index contributed by atoms with van der Waals surface area (Å²) >= 11 is 6.14. The highest BCUT2D eigenvalue weighted by Crippen LogP contribution is 2.27. The summed E-state index contributed by atoms with van der Waals surface area (Å²) < 4.78 is 0. The van der Waals surface area contributed by atoms with Crippen LogP contribution in [0.4, 0.5) is 0 Å². The Kier molecular flexibility index (Phi) is 9.79. The molecule has 0 saturated heterocycles. The highest BCUT2D eigenvalue weighted by Gasteiger charge is 2.05. The van der Waals surface area contributed by atoms with Crippen LogP contribution in [0.5, 0.6) is 0 Å². The maximum absolute atomic E-state index is 6.14. The number of hydrogen-bond acceptors (Lipinski definition) is 4. The second-order valence-corrected chi connectivity index (χ2v) is 11.2. The Morgan fingerprint density at radius 2 is 1.00 bits per heavy atom. The van der Waals surface area contributed by atoms with Gasteiger partial charge in [-0.25, -0.2) is 0 Å². The van der Waals surface area contributed by atoms with Gasteiger partial charge in [0, 0.05) is 35.6 Å². The largest absolute Gasteiger partial charge is 0.256 e. The van der Waals surface area contributed by atoms with E-state index < -0.39 is 0 Å². The molecule has 0 amide bonds. The van der Waals surface area contributed by atoms with Crippen molar-refractivity contribution in [3.05, 3.63) is 119 Å². The molecule has 3 aromatic heterocycles. The molecule has 0 saturated carbocycles. The predicted octanol–water partition coefficient (Wildman–Crippen LogP) is 10.1. The average Bonchev–Trinajstić information content (AvgIpc) is 2.97. The normalized spacial score (nSPS) is 11.1. The van der Waals surface area contributed by atoms with Crippen LogP contribution in [0, 0.1) is 0 Å². The van der Waals surface area contributed by atoms with Crippen molar-refractivity contribution in [1.29, 1.82) is 0 Å². The van der Waals surface area contributed by atoms with Crippen LogP contribution >= 0.6 is 11.6 Å². The van der Waals surface area contributed by atoms with Gasteiger partial charge in [-0.1, -0.05) is 77.4 Å². The predicted molar refractivity (Wildman–Crippen MR) is 170 cm³/mol. The molecule has 0 radical (unpaired) electrons. The van der Waals surface area contributed by atoms with Crippen molar-refractivity contribution >= 4 is 44.4 Å². The Labute approximate surface area is 242 Å². The first-order valence-corrected chi connectivity index (χ1v) is 14.2. The molecule has 3 aromatic carbocycles. The summed E-state index contributed by atoms with van der Waals surface area (Å²) in [6.45, 7) is 13.1. The molecule has 5 heteroatoms. The summed E-state index contributed by atoms with van der Waals surface area (Å²) in [4.78, 5) is 17.0. The lowest BCUT2D eigenvalue weighted by Gasteiger charge is -2.07. The Balaban J connectivity index is 0.000000139. The van der Waals surface area contributed by atoms with E-state index in [-0.39, 0.29) is 0 Å². The minimum Gasteiger partial charge on any atom is -0.256 e. The lowest BCUT2D eigenvalue weighted by molar-refractivity contribution is 0.868. The zero-order valence-electron chi connectivity index (χ0n) is 24.1. The maximum atomic E-state index is 6.14. The van der Waals surface area contributed by atoms with Crippen molar-refractivity contribution in [1.82, 2.24) is 19.9 Å². The number of halogens is 1. The maximum Gasteiger partial charge on any atom is 0.0889 e. The number of rotatable bonds is 3. The molecule has 3 heterocycles. The van der Waals surface area contributed by atoms with Crippen LogP contribution < -0.4 is 0 Å². The molecule has 0 aliphatic heterocycles. The molecule has 40 heavy (non-hydrogen) atoms.